The molecule has 0 amide bonds. The predicted molar refractivity (Wildman–Crippen MR) is 108 cm³/mol. The van der Waals surface area contributed by atoms with Gasteiger partial charge in [0.15, 0.2) is 11.2 Å². The largest absolute Gasteiger partial charge is 0.490 e. The van der Waals surface area contributed by atoms with Crippen molar-refractivity contribution < 1.29 is 61.4 Å². The molecule has 0 spiro atoms. The number of nitrogen functional groups attached to an aromatic ring is 1. The minimum atomic E-state index is -5.70. The second-order valence-corrected chi connectivity index (χ2v) is 11.4. The van der Waals surface area contributed by atoms with Gasteiger partial charge >= 0.3 is 23.5 Å². The second-order valence-electron chi connectivity index (χ2n) is 6.93. The van der Waals surface area contributed by atoms with Crippen LogP contribution in [0.2, 0.25) is 0 Å². The standard InChI is InChI=1S/C12H20N5O14P3/c13-12-15-10-7(11(20)16-12)14-4-17(10)2-1-5-8(18)9(19)6(29-5)3-28-33(24,25)31-34(26,27)30-32(21,22)23/h4-6,8-9,18-19H,1-3H2,(H,24,25)(H,26,27)(H2,21,22,23)(H3,13,15,16,20)/t5-,6+,8+,9?/m0/s1. The minimum Gasteiger partial charge on any atom is -0.388 e. The molecule has 3 rings (SSSR count). The van der Waals surface area contributed by atoms with Gasteiger partial charge in [-0.1, -0.05) is 0 Å². The van der Waals surface area contributed by atoms with Crippen LogP contribution in [0.4, 0.5) is 5.95 Å². The SMILES string of the molecule is Nc1nc2c(ncn2CC[C@@H]2O[C@H](COP(=O)(O)OP(=O)(O)OP(=O)(O)O)C(O)[C@@H]2O)c(=O)[nH]1. The molecule has 0 radical (unpaired) electrons. The first-order chi connectivity index (χ1) is 15.6. The number of ether oxygens (including phenoxy) is 1. The Morgan fingerprint density at radius 1 is 1.09 bits per heavy atom. The summed E-state index contributed by atoms with van der Waals surface area (Å²) < 4.78 is 52.2. The lowest BCUT2D eigenvalue weighted by Gasteiger charge is -2.19. The molecule has 2 aromatic heterocycles. The zero-order valence-corrected chi connectivity index (χ0v) is 19.4. The van der Waals surface area contributed by atoms with Gasteiger partial charge in [0, 0.05) is 6.54 Å². The second kappa shape index (κ2) is 9.83. The molecule has 6 atom stereocenters. The molecule has 19 nitrogen and oxygen atoms in total. The van der Waals surface area contributed by atoms with Crippen molar-refractivity contribution in [2.24, 2.45) is 0 Å². The Balaban J connectivity index is 1.59. The van der Waals surface area contributed by atoms with Gasteiger partial charge in [0.1, 0.15) is 18.3 Å². The van der Waals surface area contributed by atoms with Gasteiger partial charge in [0.25, 0.3) is 5.56 Å². The highest BCUT2D eigenvalue weighted by molar-refractivity contribution is 7.66. The molecule has 1 saturated heterocycles. The zero-order chi connectivity index (χ0) is 25.5. The van der Waals surface area contributed by atoms with Crippen molar-refractivity contribution in [3.05, 3.63) is 16.7 Å². The molecular weight excluding hydrogens is 531 g/mol. The Kier molecular flexibility index (Phi) is 7.82. The van der Waals surface area contributed by atoms with E-state index >= 15 is 0 Å². The van der Waals surface area contributed by atoms with Crippen molar-refractivity contribution in [2.75, 3.05) is 12.3 Å². The number of aromatic nitrogens is 4. The number of aliphatic hydroxyl groups is 2. The fourth-order valence-corrected chi connectivity index (χ4v) is 6.10. The van der Waals surface area contributed by atoms with Gasteiger partial charge in [-0.3, -0.25) is 14.3 Å². The van der Waals surface area contributed by atoms with Crippen LogP contribution >= 0.6 is 23.5 Å². The van der Waals surface area contributed by atoms with E-state index in [1.54, 1.807) is 0 Å². The van der Waals surface area contributed by atoms with E-state index in [1.807, 2.05) is 0 Å². The van der Waals surface area contributed by atoms with Crippen LogP contribution in [-0.2, 0) is 38.1 Å². The lowest BCUT2D eigenvalue weighted by molar-refractivity contribution is -0.0245. The van der Waals surface area contributed by atoms with Crippen LogP contribution in [0.5, 0.6) is 0 Å². The van der Waals surface area contributed by atoms with Crippen LogP contribution in [0.15, 0.2) is 11.1 Å². The molecule has 3 heterocycles. The number of aryl methyl sites for hydroxylation is 1. The lowest BCUT2D eigenvalue weighted by atomic mass is 10.1. The quantitative estimate of drug-likeness (QED) is 0.147. The van der Waals surface area contributed by atoms with E-state index in [0.717, 1.165) is 0 Å². The van der Waals surface area contributed by atoms with Gasteiger partial charge in [0.05, 0.1) is 19.0 Å². The van der Waals surface area contributed by atoms with Crippen LogP contribution < -0.4 is 11.3 Å². The highest BCUT2D eigenvalue weighted by Gasteiger charge is 2.45. The Bertz CT molecular complexity index is 1240. The van der Waals surface area contributed by atoms with E-state index in [0.29, 0.717) is 0 Å². The maximum Gasteiger partial charge on any atom is 0.490 e. The Hall–Kier alpha value is -1.56. The molecule has 0 aromatic carbocycles. The summed E-state index contributed by atoms with van der Waals surface area (Å²) in [6.45, 7) is -0.830. The molecule has 22 heteroatoms. The molecule has 34 heavy (non-hydrogen) atoms. The summed E-state index contributed by atoms with van der Waals surface area (Å²) in [5, 5.41) is 20.3. The summed E-state index contributed by atoms with van der Waals surface area (Å²) in [6.07, 6.45) is -4.18. The van der Waals surface area contributed by atoms with Gasteiger partial charge in [-0.05, 0) is 6.42 Å². The number of fused-ring (bicyclic) bond motifs is 1. The van der Waals surface area contributed by atoms with Crippen LogP contribution in [0.25, 0.3) is 11.2 Å². The first kappa shape index (κ1) is 27.0. The average Bonchev–Trinajstić information content (AvgIpc) is 3.17. The number of aromatic amines is 1. The van der Waals surface area contributed by atoms with Crippen LogP contribution in [0.1, 0.15) is 6.42 Å². The summed E-state index contributed by atoms with van der Waals surface area (Å²) >= 11 is 0. The van der Waals surface area contributed by atoms with E-state index in [-0.39, 0.29) is 30.1 Å². The van der Waals surface area contributed by atoms with Crippen molar-refractivity contribution in [2.45, 2.75) is 37.4 Å². The van der Waals surface area contributed by atoms with Crippen molar-refractivity contribution in [1.29, 1.82) is 0 Å². The van der Waals surface area contributed by atoms with Crippen molar-refractivity contribution in [3.63, 3.8) is 0 Å². The number of nitrogens with two attached hydrogens (primary N) is 1. The molecule has 9 N–H and O–H groups in total. The normalized spacial score (nSPS) is 27.0. The van der Waals surface area contributed by atoms with Crippen molar-refractivity contribution >= 4 is 40.6 Å². The number of imidazole rings is 1. The average molecular weight is 551 g/mol. The smallest absolute Gasteiger partial charge is 0.388 e. The molecule has 1 aliphatic rings. The molecule has 1 fully saturated rings. The van der Waals surface area contributed by atoms with E-state index in [1.165, 1.54) is 10.9 Å². The summed E-state index contributed by atoms with van der Waals surface area (Å²) in [6, 6.07) is 0. The molecule has 0 saturated carbocycles. The van der Waals surface area contributed by atoms with Crippen molar-refractivity contribution in [3.8, 4) is 0 Å². The monoisotopic (exact) mass is 551 g/mol. The summed E-state index contributed by atoms with van der Waals surface area (Å²) in [7, 11) is -16.7. The van der Waals surface area contributed by atoms with Gasteiger partial charge in [-0.25, -0.2) is 18.7 Å². The lowest BCUT2D eigenvalue weighted by Crippen LogP contribution is -2.34. The predicted octanol–water partition coefficient (Wildman–Crippen LogP) is -2.08. The zero-order valence-electron chi connectivity index (χ0n) is 16.7. The number of aliphatic hydroxyl groups excluding tert-OH is 2. The Morgan fingerprint density at radius 3 is 2.38 bits per heavy atom. The number of rotatable bonds is 10. The number of hydrogen-bond acceptors (Lipinski definition) is 13. The van der Waals surface area contributed by atoms with Gasteiger partial charge in [-0.15, -0.1) is 0 Å². The van der Waals surface area contributed by atoms with E-state index in [4.69, 9.17) is 25.2 Å². The highest BCUT2D eigenvalue weighted by atomic mass is 31.3. The Labute approximate surface area is 188 Å². The number of hydrogen-bond donors (Lipinski definition) is 8. The highest BCUT2D eigenvalue weighted by Crippen LogP contribution is 2.66. The summed E-state index contributed by atoms with van der Waals surface area (Å²) in [5.74, 6) is -0.140. The third-order valence-corrected chi connectivity index (χ3v) is 8.23. The van der Waals surface area contributed by atoms with Crippen LogP contribution in [-0.4, -0.2) is 80.3 Å². The first-order valence-electron chi connectivity index (χ1n) is 9.07. The van der Waals surface area contributed by atoms with Gasteiger partial charge in [0.2, 0.25) is 5.95 Å². The van der Waals surface area contributed by atoms with E-state index in [2.05, 4.69) is 28.1 Å². The first-order valence-corrected chi connectivity index (χ1v) is 13.6. The van der Waals surface area contributed by atoms with Crippen LogP contribution in [0.3, 0.4) is 0 Å². The number of H-pyrrole nitrogens is 1. The summed E-state index contributed by atoms with van der Waals surface area (Å²) in [5.41, 5.74) is 5.15. The maximum absolute atomic E-state index is 11.8. The van der Waals surface area contributed by atoms with E-state index in [9.17, 15) is 33.6 Å². The van der Waals surface area contributed by atoms with Crippen molar-refractivity contribution in [1.82, 2.24) is 19.5 Å². The molecule has 192 valence electrons. The summed E-state index contributed by atoms with van der Waals surface area (Å²) in [4.78, 5) is 57.6. The molecule has 0 aliphatic carbocycles. The number of phosphoric ester groups is 1. The van der Waals surface area contributed by atoms with Gasteiger partial charge < -0.3 is 44.8 Å². The number of nitrogens with one attached hydrogen (secondary N) is 1. The fraction of sp³-hybridized carbons (Fsp3) is 0.583. The molecule has 2 aromatic rings. The third-order valence-electron chi connectivity index (χ3n) is 4.43. The van der Waals surface area contributed by atoms with Gasteiger partial charge in [-0.2, -0.15) is 13.6 Å². The number of anilines is 1. The maximum atomic E-state index is 11.8. The molecule has 1 aliphatic heterocycles. The third kappa shape index (κ3) is 6.77. The molecule has 0 bridgehead atoms. The molecular formula is C12H20N5O14P3. The molecule has 3 unspecified atom stereocenters. The topological polar surface area (TPSA) is 299 Å². The fourth-order valence-electron chi connectivity index (χ4n) is 3.07. The number of phosphoric acid groups is 3. The minimum absolute atomic E-state index is 0.0241. The van der Waals surface area contributed by atoms with E-state index < -0.39 is 60.1 Å². The number of nitrogens with zero attached hydrogens (tertiary/aromatic N) is 3. The van der Waals surface area contributed by atoms with Crippen LogP contribution in [0, 0.1) is 0 Å². The Morgan fingerprint density at radius 2 is 1.74 bits per heavy atom.